The molecule has 100 valence electrons. The van der Waals surface area contributed by atoms with Gasteiger partial charge in [-0.25, -0.2) is 14.8 Å². The predicted octanol–water partition coefficient (Wildman–Crippen LogP) is 2.42. The van der Waals surface area contributed by atoms with E-state index < -0.39 is 5.97 Å². The summed E-state index contributed by atoms with van der Waals surface area (Å²) in [5, 5.41) is 20.9. The molecule has 1 aromatic carbocycles. The third-order valence-electron chi connectivity index (χ3n) is 2.57. The van der Waals surface area contributed by atoms with E-state index in [2.05, 4.69) is 31.2 Å². The van der Waals surface area contributed by atoms with Gasteiger partial charge in [0.25, 0.3) is 0 Å². The monoisotopic (exact) mass is 332 g/mol. The second kappa shape index (κ2) is 6.12. The van der Waals surface area contributed by atoms with E-state index in [1.807, 2.05) is 6.07 Å². The lowest BCUT2D eigenvalue weighted by Crippen LogP contribution is -2.10. The molecule has 0 radical (unpaired) electrons. The van der Waals surface area contributed by atoms with Crippen molar-refractivity contribution in [3.8, 4) is 6.07 Å². The van der Waals surface area contributed by atoms with Gasteiger partial charge in [-0.1, -0.05) is 0 Å². The van der Waals surface area contributed by atoms with Crippen LogP contribution in [0.4, 0.5) is 5.69 Å². The Morgan fingerprint density at radius 2 is 2.30 bits per heavy atom. The lowest BCUT2D eigenvalue weighted by Gasteiger charge is -2.09. The molecule has 2 N–H and O–H groups in total. The number of hydrogen-bond donors (Lipinski definition) is 2. The molecular weight excluding hydrogens is 324 g/mol. The maximum atomic E-state index is 11.0. The zero-order valence-electron chi connectivity index (χ0n) is 10.2. The number of carbonyl (C=O) groups is 1. The van der Waals surface area contributed by atoms with Crippen LogP contribution in [0, 0.1) is 11.3 Å². The number of anilines is 1. The lowest BCUT2D eigenvalue weighted by atomic mass is 10.2. The highest BCUT2D eigenvalue weighted by molar-refractivity contribution is 9.10. The molecule has 0 aliphatic heterocycles. The summed E-state index contributed by atoms with van der Waals surface area (Å²) < 4.78 is 0.725. The number of carboxylic acids is 1. The van der Waals surface area contributed by atoms with E-state index in [-0.39, 0.29) is 12.1 Å². The molecule has 0 bridgehead atoms. The largest absolute Gasteiger partial charge is 0.478 e. The number of hydrogen-bond acceptors (Lipinski definition) is 5. The molecule has 0 spiro atoms. The number of carboxylic acid groups (broad SMARTS) is 1. The van der Waals surface area contributed by atoms with Crippen molar-refractivity contribution in [1.29, 1.82) is 5.26 Å². The van der Waals surface area contributed by atoms with Crippen molar-refractivity contribution in [1.82, 2.24) is 9.97 Å². The van der Waals surface area contributed by atoms with E-state index in [9.17, 15) is 4.79 Å². The van der Waals surface area contributed by atoms with E-state index in [1.54, 1.807) is 18.2 Å². The smallest absolute Gasteiger partial charge is 0.339 e. The molecule has 0 saturated carbocycles. The molecule has 20 heavy (non-hydrogen) atoms. The Labute approximate surface area is 123 Å². The van der Waals surface area contributed by atoms with Gasteiger partial charge in [0.15, 0.2) is 0 Å². The fourth-order valence-electron chi connectivity index (χ4n) is 1.58. The fourth-order valence-corrected chi connectivity index (χ4v) is 2.10. The number of nitriles is 1. The van der Waals surface area contributed by atoms with Crippen LogP contribution in [-0.2, 0) is 6.54 Å². The van der Waals surface area contributed by atoms with Crippen LogP contribution < -0.4 is 5.32 Å². The van der Waals surface area contributed by atoms with E-state index in [0.717, 1.165) is 10.2 Å². The molecule has 0 unspecified atom stereocenters. The molecule has 0 aliphatic rings. The number of rotatable bonds is 4. The van der Waals surface area contributed by atoms with Crippen molar-refractivity contribution in [2.45, 2.75) is 6.54 Å². The molecule has 6 nitrogen and oxygen atoms in total. The molecule has 0 aliphatic carbocycles. The highest BCUT2D eigenvalue weighted by Crippen LogP contribution is 2.24. The highest BCUT2D eigenvalue weighted by atomic mass is 79.9. The standard InChI is InChI=1S/C13H9BrN4O2/c14-10-3-8(4-15)1-2-11(10)17-6-12-9(13(19)20)5-16-7-18-12/h1-3,5,7,17H,6H2,(H,19,20). The van der Waals surface area contributed by atoms with Crippen molar-refractivity contribution in [3.05, 3.63) is 52.0 Å². The summed E-state index contributed by atoms with van der Waals surface area (Å²) in [6.07, 6.45) is 2.57. The Hall–Kier alpha value is -2.46. The minimum absolute atomic E-state index is 0.0600. The average molecular weight is 333 g/mol. The maximum absolute atomic E-state index is 11.0. The molecule has 2 aromatic rings. The highest BCUT2D eigenvalue weighted by Gasteiger charge is 2.11. The van der Waals surface area contributed by atoms with E-state index in [4.69, 9.17) is 10.4 Å². The van der Waals surface area contributed by atoms with Crippen LogP contribution in [-0.4, -0.2) is 21.0 Å². The topological polar surface area (TPSA) is 98.9 Å². The first-order chi connectivity index (χ1) is 9.61. The van der Waals surface area contributed by atoms with Crippen LogP contribution in [0.1, 0.15) is 21.6 Å². The van der Waals surface area contributed by atoms with E-state index >= 15 is 0 Å². The molecular formula is C13H9BrN4O2. The summed E-state index contributed by atoms with van der Waals surface area (Å²) >= 11 is 3.35. The summed E-state index contributed by atoms with van der Waals surface area (Å²) in [6.45, 7) is 0.245. The van der Waals surface area contributed by atoms with Gasteiger partial charge in [0.2, 0.25) is 0 Å². The number of aromatic carboxylic acids is 1. The molecule has 7 heteroatoms. The second-order valence-corrected chi connectivity index (χ2v) is 4.70. The van der Waals surface area contributed by atoms with E-state index in [1.165, 1.54) is 12.5 Å². The Bertz CT molecular complexity index is 697. The molecule has 1 aromatic heterocycles. The van der Waals surface area contributed by atoms with Crippen molar-refractivity contribution in [2.24, 2.45) is 0 Å². The van der Waals surface area contributed by atoms with Gasteiger partial charge in [-0.3, -0.25) is 0 Å². The van der Waals surface area contributed by atoms with Crippen LogP contribution >= 0.6 is 15.9 Å². The molecule has 0 amide bonds. The average Bonchev–Trinajstić information content (AvgIpc) is 2.46. The van der Waals surface area contributed by atoms with Crippen LogP contribution in [0.25, 0.3) is 0 Å². The van der Waals surface area contributed by atoms with Gasteiger partial charge in [-0.05, 0) is 34.1 Å². The summed E-state index contributed by atoms with van der Waals surface area (Å²) in [4.78, 5) is 18.7. The minimum Gasteiger partial charge on any atom is -0.478 e. The van der Waals surface area contributed by atoms with Gasteiger partial charge < -0.3 is 10.4 Å². The van der Waals surface area contributed by atoms with Crippen molar-refractivity contribution in [2.75, 3.05) is 5.32 Å². The van der Waals surface area contributed by atoms with Crippen molar-refractivity contribution in [3.63, 3.8) is 0 Å². The van der Waals surface area contributed by atoms with Gasteiger partial charge in [0.1, 0.15) is 11.9 Å². The summed E-state index contributed by atoms with van der Waals surface area (Å²) in [5.74, 6) is -1.07. The number of benzene rings is 1. The van der Waals surface area contributed by atoms with Crippen molar-refractivity contribution < 1.29 is 9.90 Å². The second-order valence-electron chi connectivity index (χ2n) is 3.85. The SMILES string of the molecule is N#Cc1ccc(NCc2ncncc2C(=O)O)c(Br)c1. The van der Waals surface area contributed by atoms with Crippen LogP contribution in [0.15, 0.2) is 35.2 Å². The zero-order valence-corrected chi connectivity index (χ0v) is 11.8. The third-order valence-corrected chi connectivity index (χ3v) is 3.23. The van der Waals surface area contributed by atoms with Crippen LogP contribution in [0.3, 0.4) is 0 Å². The third kappa shape index (κ3) is 3.10. The number of halogens is 1. The van der Waals surface area contributed by atoms with Crippen LogP contribution in [0.5, 0.6) is 0 Å². The molecule has 1 heterocycles. The van der Waals surface area contributed by atoms with Gasteiger partial charge in [-0.15, -0.1) is 0 Å². The first kappa shape index (κ1) is 14.0. The first-order valence-electron chi connectivity index (χ1n) is 5.57. The van der Waals surface area contributed by atoms with E-state index in [0.29, 0.717) is 11.3 Å². The van der Waals surface area contributed by atoms with Gasteiger partial charge >= 0.3 is 5.97 Å². The van der Waals surface area contributed by atoms with Crippen LogP contribution in [0.2, 0.25) is 0 Å². The zero-order chi connectivity index (χ0) is 14.5. The first-order valence-corrected chi connectivity index (χ1v) is 6.37. The Balaban J connectivity index is 2.18. The quantitative estimate of drug-likeness (QED) is 0.891. The van der Waals surface area contributed by atoms with Crippen molar-refractivity contribution >= 4 is 27.6 Å². The van der Waals surface area contributed by atoms with Gasteiger partial charge in [0, 0.05) is 16.4 Å². The summed E-state index contributed by atoms with van der Waals surface area (Å²) in [5.41, 5.74) is 1.74. The summed E-state index contributed by atoms with van der Waals surface area (Å²) in [7, 11) is 0. The molecule has 2 rings (SSSR count). The predicted molar refractivity (Wildman–Crippen MR) is 75.2 cm³/mol. The fraction of sp³-hybridized carbons (Fsp3) is 0.0769. The Kier molecular flexibility index (Phi) is 4.27. The number of nitrogens with zero attached hydrogens (tertiary/aromatic N) is 3. The van der Waals surface area contributed by atoms with Gasteiger partial charge in [0.05, 0.1) is 23.9 Å². The summed E-state index contributed by atoms with van der Waals surface area (Å²) in [6, 6.07) is 7.13. The Morgan fingerprint density at radius 3 is 2.95 bits per heavy atom. The van der Waals surface area contributed by atoms with Gasteiger partial charge in [-0.2, -0.15) is 5.26 Å². The maximum Gasteiger partial charge on any atom is 0.339 e. The lowest BCUT2D eigenvalue weighted by molar-refractivity contribution is 0.0694. The molecule has 0 fully saturated rings. The minimum atomic E-state index is -1.07. The molecule has 0 atom stereocenters. The normalized spacial score (nSPS) is 9.80. The number of nitrogens with one attached hydrogen (secondary N) is 1. The molecule has 0 saturated heterocycles. The Morgan fingerprint density at radius 1 is 1.50 bits per heavy atom. The number of aromatic nitrogens is 2.